The molecule has 1 aromatic heterocycles. The van der Waals surface area contributed by atoms with E-state index in [9.17, 15) is 14.4 Å². The Morgan fingerprint density at radius 1 is 1.21 bits per heavy atom. The second-order valence-electron chi connectivity index (χ2n) is 7.94. The van der Waals surface area contributed by atoms with E-state index in [0.29, 0.717) is 38.1 Å². The SMILES string of the molecule is COC(=O)[C@H]1CC[C@@H](NC(C)=O)CN(Cc2cc(=O)oc3c(C)cc(C)cc23)C1. The Labute approximate surface area is 170 Å². The van der Waals surface area contributed by atoms with E-state index in [1.807, 2.05) is 26.0 Å². The topological polar surface area (TPSA) is 88.9 Å². The molecule has 156 valence electrons. The third kappa shape index (κ3) is 5.03. The van der Waals surface area contributed by atoms with Crippen LogP contribution in [0.15, 0.2) is 27.4 Å². The molecule has 1 fully saturated rings. The second kappa shape index (κ2) is 8.78. The van der Waals surface area contributed by atoms with Crippen LogP contribution in [0.5, 0.6) is 0 Å². The van der Waals surface area contributed by atoms with E-state index in [2.05, 4.69) is 10.2 Å². The number of likely N-dealkylation sites (tertiary alicyclic amines) is 1. The lowest BCUT2D eigenvalue weighted by Crippen LogP contribution is -2.42. The van der Waals surface area contributed by atoms with Crippen LogP contribution in [0.3, 0.4) is 0 Å². The largest absolute Gasteiger partial charge is 0.469 e. The van der Waals surface area contributed by atoms with Gasteiger partial charge < -0.3 is 14.5 Å². The van der Waals surface area contributed by atoms with Gasteiger partial charge in [-0.25, -0.2) is 4.79 Å². The first-order chi connectivity index (χ1) is 13.8. The summed E-state index contributed by atoms with van der Waals surface area (Å²) in [5.74, 6) is -0.611. The normalized spacial score (nSPS) is 20.3. The molecule has 2 heterocycles. The lowest BCUT2D eigenvalue weighted by molar-refractivity contribution is -0.146. The molecule has 2 aromatic rings. The number of aryl methyl sites for hydroxylation is 2. The van der Waals surface area contributed by atoms with Crippen molar-refractivity contribution in [3.05, 3.63) is 45.3 Å². The van der Waals surface area contributed by atoms with Crippen molar-refractivity contribution in [3.63, 3.8) is 0 Å². The first kappa shape index (κ1) is 21.0. The van der Waals surface area contributed by atoms with E-state index in [1.54, 1.807) is 0 Å². The van der Waals surface area contributed by atoms with Gasteiger partial charge in [0.1, 0.15) is 5.58 Å². The number of benzene rings is 1. The summed E-state index contributed by atoms with van der Waals surface area (Å²) in [6.07, 6.45) is 1.34. The minimum Gasteiger partial charge on any atom is -0.469 e. The van der Waals surface area contributed by atoms with E-state index < -0.39 is 5.63 Å². The van der Waals surface area contributed by atoms with Crippen LogP contribution in [0.4, 0.5) is 0 Å². The predicted molar refractivity (Wildman–Crippen MR) is 110 cm³/mol. The number of esters is 1. The number of hydrogen-bond donors (Lipinski definition) is 1. The van der Waals surface area contributed by atoms with Gasteiger partial charge in [0.15, 0.2) is 0 Å². The molecule has 0 bridgehead atoms. The maximum atomic E-state index is 12.2. The zero-order chi connectivity index (χ0) is 21.1. The van der Waals surface area contributed by atoms with E-state index in [4.69, 9.17) is 9.15 Å². The standard InChI is InChI=1S/C22H28N2O5/c1-13-7-14(2)21-19(8-13)17(9-20(26)29-21)11-24-10-16(22(27)28-4)5-6-18(12-24)23-15(3)25/h7-9,16,18H,5-6,10-12H2,1-4H3,(H,23,25)/t16-,18+/m0/s1. The summed E-state index contributed by atoms with van der Waals surface area (Å²) in [7, 11) is 1.39. The Hall–Kier alpha value is -2.67. The molecule has 0 aliphatic carbocycles. The van der Waals surface area contributed by atoms with Crippen LogP contribution in [-0.4, -0.2) is 43.0 Å². The molecule has 0 radical (unpaired) electrons. The number of nitrogens with zero attached hydrogens (tertiary/aromatic N) is 1. The van der Waals surface area contributed by atoms with Crippen LogP contribution < -0.4 is 10.9 Å². The van der Waals surface area contributed by atoms with Crippen LogP contribution in [0.25, 0.3) is 11.0 Å². The van der Waals surface area contributed by atoms with Crippen LogP contribution in [0, 0.1) is 19.8 Å². The van der Waals surface area contributed by atoms with Crippen molar-refractivity contribution in [3.8, 4) is 0 Å². The molecule has 1 aliphatic rings. The van der Waals surface area contributed by atoms with Gasteiger partial charge in [0.2, 0.25) is 5.91 Å². The zero-order valence-corrected chi connectivity index (χ0v) is 17.4. The van der Waals surface area contributed by atoms with Gasteiger partial charge in [0.05, 0.1) is 13.0 Å². The number of carbonyl (C=O) groups is 2. The summed E-state index contributed by atoms with van der Waals surface area (Å²) in [5, 5.41) is 3.87. The Morgan fingerprint density at radius 3 is 2.66 bits per heavy atom. The minimum absolute atomic E-state index is 0.0583. The van der Waals surface area contributed by atoms with E-state index in [1.165, 1.54) is 20.1 Å². The van der Waals surface area contributed by atoms with Gasteiger partial charge >= 0.3 is 11.6 Å². The van der Waals surface area contributed by atoms with Gasteiger partial charge in [-0.2, -0.15) is 0 Å². The Balaban J connectivity index is 1.96. The minimum atomic E-state index is -0.391. The van der Waals surface area contributed by atoms with Gasteiger partial charge in [0, 0.05) is 44.1 Å². The van der Waals surface area contributed by atoms with Gasteiger partial charge in [-0.15, -0.1) is 0 Å². The number of rotatable bonds is 4. The Morgan fingerprint density at radius 2 is 1.97 bits per heavy atom. The second-order valence-corrected chi connectivity index (χ2v) is 7.94. The summed E-state index contributed by atoms with van der Waals surface area (Å²) in [5.41, 5.74) is 3.06. The van der Waals surface area contributed by atoms with Crippen LogP contribution in [0.1, 0.15) is 36.5 Å². The molecular formula is C22H28N2O5. The van der Waals surface area contributed by atoms with E-state index >= 15 is 0 Å². The predicted octanol–water partition coefficient (Wildman–Crippen LogP) is 2.30. The summed E-state index contributed by atoms with van der Waals surface area (Å²) in [6.45, 7) is 7.01. The molecule has 1 N–H and O–H groups in total. The summed E-state index contributed by atoms with van der Waals surface area (Å²) < 4.78 is 10.4. The summed E-state index contributed by atoms with van der Waals surface area (Å²) in [6, 6.07) is 5.46. The maximum Gasteiger partial charge on any atom is 0.336 e. The molecule has 1 amide bonds. The molecule has 0 saturated carbocycles. The molecule has 29 heavy (non-hydrogen) atoms. The molecule has 7 heteroatoms. The first-order valence-corrected chi connectivity index (χ1v) is 9.88. The Bertz CT molecular complexity index is 981. The van der Waals surface area contributed by atoms with Crippen molar-refractivity contribution in [2.24, 2.45) is 5.92 Å². The number of methoxy groups -OCH3 is 1. The van der Waals surface area contributed by atoms with Gasteiger partial charge in [-0.3, -0.25) is 14.5 Å². The van der Waals surface area contributed by atoms with Crippen LogP contribution in [0.2, 0.25) is 0 Å². The molecule has 1 aliphatic heterocycles. The zero-order valence-electron chi connectivity index (χ0n) is 17.4. The molecule has 0 unspecified atom stereocenters. The van der Waals surface area contributed by atoms with E-state index in [0.717, 1.165) is 22.1 Å². The highest BCUT2D eigenvalue weighted by Crippen LogP contribution is 2.26. The van der Waals surface area contributed by atoms with Crippen molar-refractivity contribution in [1.82, 2.24) is 10.2 Å². The molecule has 1 aromatic carbocycles. The smallest absolute Gasteiger partial charge is 0.336 e. The number of amides is 1. The average Bonchev–Trinajstić information content (AvgIpc) is 2.83. The van der Waals surface area contributed by atoms with Gasteiger partial charge in [-0.1, -0.05) is 6.07 Å². The average molecular weight is 400 g/mol. The molecule has 2 atom stereocenters. The monoisotopic (exact) mass is 400 g/mol. The third-order valence-electron chi connectivity index (χ3n) is 5.42. The first-order valence-electron chi connectivity index (χ1n) is 9.88. The number of carbonyl (C=O) groups excluding carboxylic acids is 2. The maximum absolute atomic E-state index is 12.2. The highest BCUT2D eigenvalue weighted by molar-refractivity contribution is 5.83. The number of hydrogen-bond acceptors (Lipinski definition) is 6. The lowest BCUT2D eigenvalue weighted by Gasteiger charge is -2.26. The van der Waals surface area contributed by atoms with Crippen LogP contribution >= 0.6 is 0 Å². The van der Waals surface area contributed by atoms with Crippen molar-refractivity contribution in [2.45, 2.75) is 46.2 Å². The number of nitrogens with one attached hydrogen (secondary N) is 1. The van der Waals surface area contributed by atoms with Crippen molar-refractivity contribution in [1.29, 1.82) is 0 Å². The van der Waals surface area contributed by atoms with Crippen molar-refractivity contribution >= 4 is 22.8 Å². The van der Waals surface area contributed by atoms with Crippen molar-refractivity contribution < 1.29 is 18.7 Å². The fourth-order valence-corrected chi connectivity index (χ4v) is 4.23. The van der Waals surface area contributed by atoms with Gasteiger partial charge in [-0.05, 0) is 49.4 Å². The highest BCUT2D eigenvalue weighted by Gasteiger charge is 2.29. The number of fused-ring (bicyclic) bond motifs is 1. The quantitative estimate of drug-likeness (QED) is 0.626. The number of ether oxygens (including phenoxy) is 1. The lowest BCUT2D eigenvalue weighted by atomic mass is 10.0. The third-order valence-corrected chi connectivity index (χ3v) is 5.42. The fourth-order valence-electron chi connectivity index (χ4n) is 4.23. The summed E-state index contributed by atoms with van der Waals surface area (Å²) in [4.78, 5) is 38.1. The molecule has 1 saturated heterocycles. The molecule has 3 rings (SSSR count). The molecule has 0 spiro atoms. The fraction of sp³-hybridized carbons (Fsp3) is 0.500. The van der Waals surface area contributed by atoms with Crippen molar-refractivity contribution in [2.75, 3.05) is 20.2 Å². The molecular weight excluding hydrogens is 372 g/mol. The van der Waals surface area contributed by atoms with Gasteiger partial charge in [0.25, 0.3) is 0 Å². The Kier molecular flexibility index (Phi) is 6.37. The molecule has 7 nitrogen and oxygen atoms in total. The highest BCUT2D eigenvalue weighted by atomic mass is 16.5. The van der Waals surface area contributed by atoms with E-state index in [-0.39, 0.29) is 23.8 Å². The van der Waals surface area contributed by atoms with Crippen LogP contribution in [-0.2, 0) is 20.9 Å². The summed E-state index contributed by atoms with van der Waals surface area (Å²) >= 11 is 0.